The van der Waals surface area contributed by atoms with Crippen molar-refractivity contribution in [3.05, 3.63) is 12.7 Å². The van der Waals surface area contributed by atoms with Crippen LogP contribution in [0.25, 0.3) is 0 Å². The van der Waals surface area contributed by atoms with Gasteiger partial charge in [-0.05, 0) is 26.3 Å². The van der Waals surface area contributed by atoms with Crippen LogP contribution in [0.4, 0.5) is 0 Å². The minimum atomic E-state index is -1.29. The van der Waals surface area contributed by atoms with E-state index in [-0.39, 0.29) is 11.2 Å². The van der Waals surface area contributed by atoms with E-state index in [4.69, 9.17) is 9.16 Å². The average Bonchev–Trinajstić information content (AvgIpc) is 2.21. The van der Waals surface area contributed by atoms with E-state index in [1.54, 1.807) is 6.08 Å². The van der Waals surface area contributed by atoms with Crippen molar-refractivity contribution in [1.82, 2.24) is 0 Å². The summed E-state index contributed by atoms with van der Waals surface area (Å²) in [6.45, 7) is 15.3. The Morgan fingerprint density at radius 2 is 2.00 bits per heavy atom. The molecule has 0 aromatic carbocycles. The molecule has 0 heterocycles. The van der Waals surface area contributed by atoms with E-state index in [1.165, 1.54) is 0 Å². The normalized spacial score (nSPS) is 12.3. The van der Waals surface area contributed by atoms with E-state index in [1.807, 2.05) is 0 Å². The summed E-state index contributed by atoms with van der Waals surface area (Å²) in [7, 11) is -0.809. The molecule has 0 aromatic rings. The molecule has 0 fully saturated rings. The van der Waals surface area contributed by atoms with Crippen molar-refractivity contribution in [2.45, 2.75) is 57.6 Å². The van der Waals surface area contributed by atoms with Gasteiger partial charge in [0.2, 0.25) is 9.76 Å². The number of hydrogen-bond acceptors (Lipinski definition) is 3. The van der Waals surface area contributed by atoms with Crippen molar-refractivity contribution in [2.24, 2.45) is 0 Å². The Balaban J connectivity index is 3.63. The minimum absolute atomic E-state index is 0.00492. The van der Waals surface area contributed by atoms with Crippen LogP contribution in [-0.4, -0.2) is 35.6 Å². The molecule has 0 saturated carbocycles. The fourth-order valence-corrected chi connectivity index (χ4v) is 3.08. The number of carbonyl (C=O) groups excluding carboxylic acids is 1. The van der Waals surface area contributed by atoms with Crippen LogP contribution < -0.4 is 0 Å². The van der Waals surface area contributed by atoms with Crippen molar-refractivity contribution in [3.8, 4) is 0 Å². The van der Waals surface area contributed by atoms with Gasteiger partial charge in [-0.2, -0.15) is 0 Å². The van der Waals surface area contributed by atoms with Gasteiger partial charge < -0.3 is 9.16 Å². The molecule has 0 aliphatic rings. The first-order valence-corrected chi connectivity index (χ1v) is 11.0. The van der Waals surface area contributed by atoms with Crippen molar-refractivity contribution in [3.63, 3.8) is 0 Å². The molecular weight excluding hydrogens is 260 g/mol. The number of carbonyl (C=O) groups is 1. The summed E-state index contributed by atoms with van der Waals surface area (Å²) in [5, 5.41) is 0.00492. The molecule has 0 spiro atoms. The van der Waals surface area contributed by atoms with Crippen molar-refractivity contribution >= 4 is 23.8 Å². The highest BCUT2D eigenvalue weighted by Crippen LogP contribution is 2.23. The van der Waals surface area contributed by atoms with Gasteiger partial charge in [0, 0.05) is 5.22 Å². The predicted octanol–water partition coefficient (Wildman–Crippen LogP) is 3.21. The summed E-state index contributed by atoms with van der Waals surface area (Å²) in [4.78, 5) is 11.0. The number of ether oxygens (including phenoxy) is 1. The SMILES string of the molecule is C=CCC(=O)OCCC[Si]OC(C)(C)[Si](C)(C)C. The molecule has 0 bridgehead atoms. The third-order valence-corrected chi connectivity index (χ3v) is 8.26. The van der Waals surface area contributed by atoms with Crippen LogP contribution in [0.5, 0.6) is 0 Å². The Morgan fingerprint density at radius 3 is 2.50 bits per heavy atom. The molecule has 0 aliphatic carbocycles. The lowest BCUT2D eigenvalue weighted by Crippen LogP contribution is -2.50. The van der Waals surface area contributed by atoms with E-state index in [0.29, 0.717) is 22.8 Å². The maximum absolute atomic E-state index is 11.0. The van der Waals surface area contributed by atoms with E-state index in [9.17, 15) is 4.79 Å². The van der Waals surface area contributed by atoms with Crippen LogP contribution in [0.2, 0.25) is 25.7 Å². The predicted molar refractivity (Wildman–Crippen MR) is 79.5 cm³/mol. The first kappa shape index (κ1) is 17.6. The molecular formula is C13H26O3Si2. The lowest BCUT2D eigenvalue weighted by Gasteiger charge is -2.37. The lowest BCUT2D eigenvalue weighted by atomic mass is 10.4. The van der Waals surface area contributed by atoms with Gasteiger partial charge in [-0.1, -0.05) is 25.7 Å². The van der Waals surface area contributed by atoms with Crippen LogP contribution in [0.1, 0.15) is 26.7 Å². The number of hydrogen-bond donors (Lipinski definition) is 0. The zero-order valence-corrected chi connectivity index (χ0v) is 14.3. The molecule has 0 unspecified atom stereocenters. The molecule has 0 aliphatic heterocycles. The second-order valence-electron chi connectivity index (χ2n) is 5.82. The molecule has 0 aromatic heterocycles. The summed E-state index contributed by atoms with van der Waals surface area (Å²) < 4.78 is 11.0. The highest BCUT2D eigenvalue weighted by Gasteiger charge is 2.35. The van der Waals surface area contributed by atoms with Gasteiger partial charge in [-0.15, -0.1) is 6.58 Å². The molecule has 0 N–H and O–H groups in total. The largest absolute Gasteiger partial charge is 0.465 e. The topological polar surface area (TPSA) is 35.5 Å². The summed E-state index contributed by atoms with van der Waals surface area (Å²) in [6.07, 6.45) is 2.72. The van der Waals surface area contributed by atoms with Gasteiger partial charge in [-0.25, -0.2) is 0 Å². The van der Waals surface area contributed by atoms with Crippen molar-refractivity contribution < 1.29 is 14.0 Å². The quantitative estimate of drug-likeness (QED) is 0.283. The number of esters is 1. The van der Waals surface area contributed by atoms with Crippen LogP contribution >= 0.6 is 0 Å². The molecule has 18 heavy (non-hydrogen) atoms. The van der Waals surface area contributed by atoms with Gasteiger partial charge >= 0.3 is 5.97 Å². The molecule has 0 rings (SSSR count). The Bertz CT molecular complexity index is 270. The Hall–Kier alpha value is -0.396. The zero-order valence-electron chi connectivity index (χ0n) is 12.3. The van der Waals surface area contributed by atoms with Gasteiger partial charge in [0.1, 0.15) is 0 Å². The second-order valence-corrected chi connectivity index (χ2v) is 12.5. The minimum Gasteiger partial charge on any atom is -0.465 e. The third-order valence-electron chi connectivity index (χ3n) is 3.13. The Kier molecular flexibility index (Phi) is 7.74. The zero-order chi connectivity index (χ0) is 14.2. The Morgan fingerprint density at radius 1 is 1.39 bits per heavy atom. The standard InChI is InChI=1S/C13H26O3Si2/c1-7-9-12(14)15-10-8-11-17-16-13(2,3)18(4,5)6/h7H,1,8-11H2,2-6H3. The monoisotopic (exact) mass is 286 g/mol. The lowest BCUT2D eigenvalue weighted by molar-refractivity contribution is -0.142. The number of rotatable bonds is 9. The molecule has 0 atom stereocenters. The van der Waals surface area contributed by atoms with Gasteiger partial charge in [0.15, 0.2) is 0 Å². The maximum Gasteiger partial charge on any atom is 0.309 e. The molecule has 3 nitrogen and oxygen atoms in total. The highest BCUT2D eigenvalue weighted by molar-refractivity contribution is 6.79. The first-order valence-electron chi connectivity index (χ1n) is 6.38. The fourth-order valence-electron chi connectivity index (χ4n) is 0.892. The van der Waals surface area contributed by atoms with Gasteiger partial charge in [0.05, 0.1) is 21.1 Å². The Labute approximate surface area is 115 Å². The van der Waals surface area contributed by atoms with Gasteiger partial charge in [0.25, 0.3) is 0 Å². The van der Waals surface area contributed by atoms with Crippen LogP contribution in [0, 0.1) is 0 Å². The maximum atomic E-state index is 11.0. The van der Waals surface area contributed by atoms with Crippen molar-refractivity contribution in [1.29, 1.82) is 0 Å². The van der Waals surface area contributed by atoms with E-state index in [2.05, 4.69) is 40.1 Å². The molecule has 104 valence electrons. The molecule has 0 amide bonds. The summed E-state index contributed by atoms with van der Waals surface area (Å²) in [6, 6.07) is 0.954. The smallest absolute Gasteiger partial charge is 0.309 e. The molecule has 5 heteroatoms. The van der Waals surface area contributed by atoms with Gasteiger partial charge in [-0.3, -0.25) is 4.79 Å². The summed E-state index contributed by atoms with van der Waals surface area (Å²) >= 11 is 0. The van der Waals surface area contributed by atoms with Crippen LogP contribution in [0.15, 0.2) is 12.7 Å². The summed E-state index contributed by atoms with van der Waals surface area (Å²) in [5.74, 6) is -0.198. The average molecular weight is 287 g/mol. The van der Waals surface area contributed by atoms with E-state index < -0.39 is 8.07 Å². The van der Waals surface area contributed by atoms with E-state index >= 15 is 0 Å². The van der Waals surface area contributed by atoms with Crippen molar-refractivity contribution in [2.75, 3.05) is 6.61 Å². The molecule has 0 saturated heterocycles. The fraction of sp³-hybridized carbons (Fsp3) is 0.769. The first-order chi connectivity index (χ1) is 8.20. The third kappa shape index (κ3) is 7.13. The van der Waals surface area contributed by atoms with Crippen LogP contribution in [-0.2, 0) is 14.0 Å². The van der Waals surface area contributed by atoms with E-state index in [0.717, 1.165) is 12.5 Å². The molecule has 2 radical (unpaired) electrons. The second kappa shape index (κ2) is 7.91. The van der Waals surface area contributed by atoms with Crippen LogP contribution in [0.3, 0.4) is 0 Å². The highest BCUT2D eigenvalue weighted by atomic mass is 28.3. The summed E-state index contributed by atoms with van der Waals surface area (Å²) in [5.41, 5.74) is 0.